The minimum Gasteiger partial charge on any atom is -0.354 e. The first-order valence-electron chi connectivity index (χ1n) is 2.98. The van der Waals surface area contributed by atoms with Crippen LogP contribution in [0.25, 0.3) is 0 Å². The van der Waals surface area contributed by atoms with Crippen LogP contribution in [0, 0.1) is 0 Å². The van der Waals surface area contributed by atoms with Crippen LogP contribution >= 0.6 is 0 Å². The van der Waals surface area contributed by atoms with Crippen molar-refractivity contribution < 1.29 is 13.2 Å². The SMILES string of the molecule is C[SiH2]N([Si])CCC(F)(F)F. The average molecular weight is 184 g/mol. The summed E-state index contributed by atoms with van der Waals surface area (Å²) in [6.07, 6.45) is -4.74. The molecule has 1 nitrogen and oxygen atoms in total. The molecule has 0 N–H and O–H groups in total. The quantitative estimate of drug-likeness (QED) is 0.576. The van der Waals surface area contributed by atoms with E-state index in [-0.39, 0.29) is 6.54 Å². The standard InChI is InChI=1S/C4H9F3NSi2/c1-10-8(9)3-2-4(5,6)7/h2-3,10H2,1H3. The summed E-state index contributed by atoms with van der Waals surface area (Å²) in [5.41, 5.74) is 0. The molecule has 0 amide bonds. The van der Waals surface area contributed by atoms with E-state index in [0.29, 0.717) is 0 Å². The molecule has 6 heteroatoms. The van der Waals surface area contributed by atoms with E-state index in [9.17, 15) is 13.2 Å². The number of hydrogen-bond donors (Lipinski definition) is 0. The first-order chi connectivity index (χ1) is 4.45. The predicted molar refractivity (Wildman–Crippen MR) is 37.5 cm³/mol. The molecule has 0 aromatic heterocycles. The van der Waals surface area contributed by atoms with Crippen LogP contribution in [0.1, 0.15) is 6.42 Å². The van der Waals surface area contributed by atoms with Crippen molar-refractivity contribution in [2.24, 2.45) is 0 Å². The molecule has 0 unspecified atom stereocenters. The van der Waals surface area contributed by atoms with Crippen molar-refractivity contribution in [3.63, 3.8) is 0 Å². The van der Waals surface area contributed by atoms with E-state index in [4.69, 9.17) is 0 Å². The molecule has 0 fully saturated rings. The van der Waals surface area contributed by atoms with Crippen LogP contribution in [-0.4, -0.2) is 37.0 Å². The smallest absolute Gasteiger partial charge is 0.354 e. The highest BCUT2D eigenvalue weighted by molar-refractivity contribution is 6.40. The van der Waals surface area contributed by atoms with E-state index in [0.717, 1.165) is 0 Å². The molecule has 0 spiro atoms. The van der Waals surface area contributed by atoms with Crippen molar-refractivity contribution in [2.75, 3.05) is 6.54 Å². The largest absolute Gasteiger partial charge is 0.390 e. The Morgan fingerprint density at radius 3 is 2.30 bits per heavy atom. The van der Waals surface area contributed by atoms with E-state index in [1.807, 2.05) is 6.55 Å². The number of alkyl halides is 3. The van der Waals surface area contributed by atoms with Gasteiger partial charge in [0.15, 0.2) is 0 Å². The van der Waals surface area contributed by atoms with Gasteiger partial charge in [0.25, 0.3) is 0 Å². The highest BCUT2D eigenvalue weighted by atomic mass is 28.3. The fraction of sp³-hybridized carbons (Fsp3) is 1.00. The van der Waals surface area contributed by atoms with Crippen molar-refractivity contribution >= 4 is 20.1 Å². The molecule has 0 saturated heterocycles. The first kappa shape index (κ1) is 10.2. The number of hydrogen-bond acceptors (Lipinski definition) is 1. The Bertz CT molecular complexity index is 95.0. The lowest BCUT2D eigenvalue weighted by molar-refractivity contribution is -0.134. The van der Waals surface area contributed by atoms with Crippen molar-refractivity contribution in [3.05, 3.63) is 0 Å². The summed E-state index contributed by atoms with van der Waals surface area (Å²) in [5.74, 6) is 0. The molecule has 0 heterocycles. The van der Waals surface area contributed by atoms with E-state index in [2.05, 4.69) is 10.4 Å². The minimum absolute atomic E-state index is 0.0725. The van der Waals surface area contributed by atoms with Crippen LogP contribution in [-0.2, 0) is 0 Å². The number of halogens is 3. The highest BCUT2D eigenvalue weighted by Gasteiger charge is 2.26. The molecule has 0 aliphatic rings. The molecule has 0 aromatic rings. The zero-order chi connectivity index (χ0) is 8.20. The summed E-state index contributed by atoms with van der Waals surface area (Å²) < 4.78 is 36.1. The van der Waals surface area contributed by atoms with E-state index >= 15 is 0 Å². The van der Waals surface area contributed by atoms with Crippen LogP contribution in [0.4, 0.5) is 13.2 Å². The average Bonchev–Trinajstić information content (AvgIpc) is 1.81. The van der Waals surface area contributed by atoms with Crippen molar-refractivity contribution in [1.82, 2.24) is 4.23 Å². The zero-order valence-electron chi connectivity index (χ0n) is 5.70. The maximum atomic E-state index is 11.5. The molecular formula is C4H9F3NSi2. The highest BCUT2D eigenvalue weighted by Crippen LogP contribution is 2.18. The summed E-state index contributed by atoms with van der Waals surface area (Å²) >= 11 is 0. The van der Waals surface area contributed by atoms with E-state index in [1.54, 1.807) is 4.23 Å². The minimum atomic E-state index is -4.02. The van der Waals surface area contributed by atoms with Crippen LogP contribution in [0.3, 0.4) is 0 Å². The van der Waals surface area contributed by atoms with Gasteiger partial charge in [0.2, 0.25) is 0 Å². The maximum Gasteiger partial charge on any atom is 0.390 e. The lowest BCUT2D eigenvalue weighted by atomic mass is 10.4. The van der Waals surface area contributed by atoms with Gasteiger partial charge in [-0.3, -0.25) is 0 Å². The molecule has 0 rings (SSSR count). The van der Waals surface area contributed by atoms with Gasteiger partial charge in [-0.15, -0.1) is 0 Å². The molecular weight excluding hydrogens is 175 g/mol. The second kappa shape index (κ2) is 4.14. The molecule has 3 radical (unpaired) electrons. The van der Waals surface area contributed by atoms with Gasteiger partial charge in [0, 0.05) is 0 Å². The Hall–Kier alpha value is 0.184. The van der Waals surface area contributed by atoms with Gasteiger partial charge in [-0.25, -0.2) is 0 Å². The maximum absolute atomic E-state index is 11.5. The molecule has 0 aromatic carbocycles. The summed E-state index contributed by atoms with van der Waals surface area (Å²) in [5, 5.41) is 0. The molecule has 59 valence electrons. The fourth-order valence-electron chi connectivity index (χ4n) is 0.420. The van der Waals surface area contributed by atoms with Gasteiger partial charge in [-0.2, -0.15) is 13.2 Å². The number of rotatable bonds is 3. The van der Waals surface area contributed by atoms with E-state index < -0.39 is 22.3 Å². The zero-order valence-corrected chi connectivity index (χ0v) is 8.12. The summed E-state index contributed by atoms with van der Waals surface area (Å²) in [4.78, 5) is 0. The van der Waals surface area contributed by atoms with Gasteiger partial charge in [-0.1, -0.05) is 6.55 Å². The molecule has 0 aliphatic heterocycles. The van der Waals surface area contributed by atoms with Crippen LogP contribution < -0.4 is 0 Å². The monoisotopic (exact) mass is 184 g/mol. The van der Waals surface area contributed by atoms with Gasteiger partial charge in [0.1, 0.15) is 10.4 Å². The number of nitrogens with zero attached hydrogens (tertiary/aromatic N) is 1. The Morgan fingerprint density at radius 2 is 2.00 bits per heavy atom. The van der Waals surface area contributed by atoms with Crippen LogP contribution in [0.15, 0.2) is 0 Å². The lowest BCUT2D eigenvalue weighted by Gasteiger charge is -2.14. The third kappa shape index (κ3) is 6.31. The molecule has 10 heavy (non-hydrogen) atoms. The van der Waals surface area contributed by atoms with Crippen LogP contribution in [0.5, 0.6) is 0 Å². The van der Waals surface area contributed by atoms with E-state index in [1.165, 1.54) is 0 Å². The Morgan fingerprint density at radius 1 is 1.50 bits per heavy atom. The third-order valence-corrected chi connectivity index (χ3v) is 3.30. The summed E-state index contributed by atoms with van der Waals surface area (Å²) in [7, 11) is 2.59. The van der Waals surface area contributed by atoms with Crippen molar-refractivity contribution in [3.8, 4) is 0 Å². The normalized spacial score (nSPS) is 13.8. The topological polar surface area (TPSA) is 3.24 Å². The second-order valence-electron chi connectivity index (χ2n) is 1.94. The third-order valence-electron chi connectivity index (χ3n) is 1.05. The Kier molecular flexibility index (Phi) is 4.22. The van der Waals surface area contributed by atoms with Gasteiger partial charge < -0.3 is 4.23 Å². The lowest BCUT2D eigenvalue weighted by Crippen LogP contribution is -2.27. The molecule has 0 saturated carbocycles. The van der Waals surface area contributed by atoms with Gasteiger partial charge in [0.05, 0.1) is 16.1 Å². The Labute approximate surface area is 64.0 Å². The second-order valence-corrected chi connectivity index (χ2v) is 4.61. The fourth-order valence-corrected chi connectivity index (χ4v) is 1.01. The molecule has 0 bridgehead atoms. The summed E-state index contributed by atoms with van der Waals surface area (Å²) in [6, 6.07) is 0. The van der Waals surface area contributed by atoms with Crippen molar-refractivity contribution in [2.45, 2.75) is 19.1 Å². The molecule has 0 atom stereocenters. The summed E-state index contributed by atoms with van der Waals surface area (Å²) in [6.45, 7) is 1.99. The van der Waals surface area contributed by atoms with Crippen molar-refractivity contribution in [1.29, 1.82) is 0 Å². The van der Waals surface area contributed by atoms with Gasteiger partial charge >= 0.3 is 6.18 Å². The van der Waals surface area contributed by atoms with Gasteiger partial charge in [-0.05, 0) is 6.54 Å². The van der Waals surface area contributed by atoms with Crippen LogP contribution in [0.2, 0.25) is 6.55 Å². The molecule has 0 aliphatic carbocycles. The predicted octanol–water partition coefficient (Wildman–Crippen LogP) is 0.456. The first-order valence-corrected chi connectivity index (χ1v) is 5.48. The Balaban J connectivity index is 3.36.